The van der Waals surface area contributed by atoms with Crippen LogP contribution in [0.25, 0.3) is 0 Å². The largest absolute Gasteiger partial charge is 0.453 e. The van der Waals surface area contributed by atoms with Gasteiger partial charge in [-0.15, -0.1) is 5.10 Å². The first kappa shape index (κ1) is 33.1. The molecule has 1 aliphatic heterocycles. The van der Waals surface area contributed by atoms with Crippen LogP contribution in [-0.4, -0.2) is 50.0 Å². The van der Waals surface area contributed by atoms with Crippen molar-refractivity contribution in [1.29, 1.82) is 5.26 Å². The van der Waals surface area contributed by atoms with Crippen molar-refractivity contribution in [3.8, 4) is 6.07 Å². The third-order valence-corrected chi connectivity index (χ3v) is 16.7. The highest BCUT2D eigenvalue weighted by Crippen LogP contribution is 2.43. The van der Waals surface area contributed by atoms with Gasteiger partial charge in [0.15, 0.2) is 23.4 Å². The van der Waals surface area contributed by atoms with E-state index in [-0.39, 0.29) is 28.9 Å². The van der Waals surface area contributed by atoms with Crippen molar-refractivity contribution in [2.45, 2.75) is 96.8 Å². The minimum Gasteiger partial charge on any atom is -0.453 e. The molecule has 0 aliphatic carbocycles. The van der Waals surface area contributed by atoms with Gasteiger partial charge in [-0.2, -0.15) is 5.26 Å². The summed E-state index contributed by atoms with van der Waals surface area (Å²) in [6.45, 7) is 20.8. The molecule has 3 rings (SSSR count). The van der Waals surface area contributed by atoms with Gasteiger partial charge in [-0.05, 0) is 97.3 Å². The van der Waals surface area contributed by atoms with Crippen molar-refractivity contribution in [2.75, 3.05) is 12.0 Å². The van der Waals surface area contributed by atoms with Gasteiger partial charge >= 0.3 is 0 Å². The van der Waals surface area contributed by atoms with Gasteiger partial charge in [0.25, 0.3) is 0 Å². The minimum absolute atomic E-state index is 0.0834. The van der Waals surface area contributed by atoms with E-state index in [2.05, 4.69) is 58.1 Å². The Morgan fingerprint density at radius 3 is 2.17 bits per heavy atom. The molecule has 0 amide bonds. The SMILES string of the molecule is Cc1c(N[C@H]([C@@H](C)CC(C)(C)[Si](C)(C)O)N2COC(c3ccc(CC(C)(C)[Si](C)(C)O)cc3)=N2)ccc(C#N)c1Cl. The van der Waals surface area contributed by atoms with Gasteiger partial charge in [0.1, 0.15) is 12.2 Å². The molecule has 0 unspecified atom stereocenters. The van der Waals surface area contributed by atoms with E-state index in [0.717, 1.165) is 29.7 Å². The zero-order chi connectivity index (χ0) is 31.0. The predicted octanol–water partition coefficient (Wildman–Crippen LogP) is 7.43. The third kappa shape index (κ3) is 7.54. The molecule has 1 aliphatic rings. The van der Waals surface area contributed by atoms with Crippen molar-refractivity contribution in [2.24, 2.45) is 11.0 Å². The summed E-state index contributed by atoms with van der Waals surface area (Å²) in [7, 11) is -4.76. The summed E-state index contributed by atoms with van der Waals surface area (Å²) in [6.07, 6.45) is 1.33. The van der Waals surface area contributed by atoms with E-state index in [0.29, 0.717) is 16.5 Å². The van der Waals surface area contributed by atoms with E-state index in [4.69, 9.17) is 21.4 Å². The molecule has 10 heteroatoms. The van der Waals surface area contributed by atoms with E-state index >= 15 is 0 Å². The first-order valence-corrected chi connectivity index (χ1v) is 20.5. The van der Waals surface area contributed by atoms with Crippen molar-refractivity contribution in [3.63, 3.8) is 0 Å². The maximum atomic E-state index is 11.0. The zero-order valence-electron chi connectivity index (χ0n) is 26.3. The summed E-state index contributed by atoms with van der Waals surface area (Å²) in [4.78, 5) is 21.7. The van der Waals surface area contributed by atoms with Crippen LogP contribution in [0.5, 0.6) is 0 Å². The van der Waals surface area contributed by atoms with Crippen LogP contribution in [0.3, 0.4) is 0 Å². The molecule has 7 nitrogen and oxygen atoms in total. The van der Waals surface area contributed by atoms with Crippen LogP contribution in [0.4, 0.5) is 5.69 Å². The third-order valence-electron chi connectivity index (χ3n) is 9.21. The summed E-state index contributed by atoms with van der Waals surface area (Å²) in [5.74, 6) is 0.637. The second-order valence-electron chi connectivity index (χ2n) is 13.9. The standard InChI is InChI=1S/C31H47ClN4O3Si2/c1-21(17-30(3,4)40(7,8)37)28(34-26-16-15-25(19-33)27(32)22(26)2)36-20-39-29(35-36)24-13-11-23(12-14-24)18-31(5,6)41(9,10)38/h11-16,21,28,34,37-38H,17-18,20H2,1-10H3/t21-,28-/m0/s1. The number of rotatable bonds is 11. The van der Waals surface area contributed by atoms with Gasteiger partial charge in [0.2, 0.25) is 5.90 Å². The molecule has 3 N–H and O–H groups in total. The Labute approximate surface area is 253 Å². The Morgan fingerprint density at radius 2 is 1.63 bits per heavy atom. The molecule has 1 heterocycles. The van der Waals surface area contributed by atoms with E-state index < -0.39 is 16.6 Å². The van der Waals surface area contributed by atoms with Crippen molar-refractivity contribution >= 4 is 39.8 Å². The van der Waals surface area contributed by atoms with Crippen LogP contribution in [0, 0.1) is 24.2 Å². The lowest BCUT2D eigenvalue weighted by Gasteiger charge is -2.40. The van der Waals surface area contributed by atoms with Crippen LogP contribution in [-0.2, 0) is 11.2 Å². The summed E-state index contributed by atoms with van der Waals surface area (Å²) in [6, 6.07) is 14.0. The van der Waals surface area contributed by atoms with Crippen LogP contribution >= 0.6 is 11.6 Å². The number of anilines is 1. The van der Waals surface area contributed by atoms with E-state index in [1.165, 1.54) is 5.56 Å². The number of hydrogen-bond acceptors (Lipinski definition) is 7. The number of hydrogen-bond donors (Lipinski definition) is 3. The lowest BCUT2D eigenvalue weighted by atomic mass is 9.94. The minimum atomic E-state index is -2.44. The van der Waals surface area contributed by atoms with E-state index in [1.54, 1.807) is 6.07 Å². The molecule has 2 aromatic rings. The number of ether oxygens (including phenoxy) is 1. The highest BCUT2D eigenvalue weighted by molar-refractivity contribution is 6.73. The monoisotopic (exact) mass is 614 g/mol. The molecule has 0 bridgehead atoms. The molecule has 224 valence electrons. The van der Waals surface area contributed by atoms with Gasteiger partial charge in [-0.3, -0.25) is 0 Å². The van der Waals surface area contributed by atoms with Crippen LogP contribution in [0.15, 0.2) is 41.5 Å². The van der Waals surface area contributed by atoms with Crippen molar-refractivity contribution in [1.82, 2.24) is 5.01 Å². The number of nitriles is 1. The molecule has 2 atom stereocenters. The summed E-state index contributed by atoms with van der Waals surface area (Å²) in [5.41, 5.74) is 4.13. The first-order valence-electron chi connectivity index (χ1n) is 14.3. The summed E-state index contributed by atoms with van der Waals surface area (Å²) >= 11 is 6.50. The first-order chi connectivity index (χ1) is 18.8. The van der Waals surface area contributed by atoms with Gasteiger partial charge < -0.3 is 19.6 Å². The summed E-state index contributed by atoms with van der Waals surface area (Å²) < 4.78 is 6.10. The Kier molecular flexibility index (Phi) is 9.78. The maximum absolute atomic E-state index is 11.0. The second kappa shape index (κ2) is 12.1. The molecule has 41 heavy (non-hydrogen) atoms. The molecular formula is C31H47ClN4O3Si2. The van der Waals surface area contributed by atoms with Gasteiger partial charge in [-0.1, -0.05) is 58.4 Å². The quantitative estimate of drug-likeness (QED) is 0.227. The van der Waals surface area contributed by atoms with Crippen molar-refractivity contribution < 1.29 is 14.3 Å². The molecule has 0 saturated carbocycles. The second-order valence-corrected chi connectivity index (χ2v) is 23.2. The molecule has 0 fully saturated rings. The van der Waals surface area contributed by atoms with Crippen LogP contribution in [0.2, 0.25) is 41.3 Å². The van der Waals surface area contributed by atoms with Gasteiger partial charge in [-0.25, -0.2) is 5.01 Å². The lowest BCUT2D eigenvalue weighted by molar-refractivity contribution is 0.0997. The Hall–Kier alpha value is -2.36. The fraction of sp³-hybridized carbons (Fsp3) is 0.548. The molecule has 2 aromatic carbocycles. The number of hydrazone groups is 1. The zero-order valence-corrected chi connectivity index (χ0v) is 29.0. The number of halogens is 1. The van der Waals surface area contributed by atoms with E-state index in [1.807, 2.05) is 56.3 Å². The Balaban J connectivity index is 1.90. The van der Waals surface area contributed by atoms with Gasteiger partial charge in [0.05, 0.1) is 10.6 Å². The highest BCUT2D eigenvalue weighted by Gasteiger charge is 2.42. The van der Waals surface area contributed by atoms with Crippen molar-refractivity contribution in [3.05, 3.63) is 63.7 Å². The van der Waals surface area contributed by atoms with E-state index in [9.17, 15) is 14.9 Å². The lowest BCUT2D eigenvalue weighted by Crippen LogP contribution is -2.46. The molecule has 0 radical (unpaired) electrons. The molecule has 0 saturated heterocycles. The fourth-order valence-electron chi connectivity index (χ4n) is 4.84. The maximum Gasteiger partial charge on any atom is 0.240 e. The average molecular weight is 615 g/mol. The number of benzene rings is 2. The predicted molar refractivity (Wildman–Crippen MR) is 174 cm³/mol. The summed E-state index contributed by atoms with van der Waals surface area (Å²) in [5, 5.41) is 19.9. The number of nitrogens with zero attached hydrogens (tertiary/aromatic N) is 3. The van der Waals surface area contributed by atoms with Crippen LogP contribution < -0.4 is 5.32 Å². The topological polar surface area (TPSA) is 101 Å². The Bertz CT molecular complexity index is 1310. The van der Waals surface area contributed by atoms with Crippen LogP contribution in [0.1, 0.15) is 63.3 Å². The smallest absolute Gasteiger partial charge is 0.240 e. The normalized spacial score (nSPS) is 16.1. The number of nitrogens with one attached hydrogen (secondary N) is 1. The highest BCUT2D eigenvalue weighted by atomic mass is 35.5. The Morgan fingerprint density at radius 1 is 1.05 bits per heavy atom. The van der Waals surface area contributed by atoms with Gasteiger partial charge in [0, 0.05) is 11.3 Å². The molecule has 0 spiro atoms. The average Bonchev–Trinajstić information content (AvgIpc) is 3.33. The molecular weight excluding hydrogens is 568 g/mol. The fourth-order valence-corrected chi connectivity index (χ4v) is 6.51. The molecule has 0 aromatic heterocycles.